The largest absolute Gasteiger partial charge is 0.462 e. The number of benzene rings is 1. The normalized spacial score (nSPS) is 10.2. The molecule has 100 valence electrons. The van der Waals surface area contributed by atoms with E-state index >= 15 is 0 Å². The maximum absolute atomic E-state index is 11.5. The van der Waals surface area contributed by atoms with Gasteiger partial charge in [0.2, 0.25) is 0 Å². The first-order valence-electron chi connectivity index (χ1n) is 5.93. The van der Waals surface area contributed by atoms with Gasteiger partial charge in [-0.15, -0.1) is 11.3 Å². The van der Waals surface area contributed by atoms with Crippen LogP contribution in [0.3, 0.4) is 0 Å². The minimum atomic E-state index is -0.282. The highest BCUT2D eigenvalue weighted by Crippen LogP contribution is 2.21. The summed E-state index contributed by atoms with van der Waals surface area (Å²) in [4.78, 5) is 11.5. The number of hydrogen-bond acceptors (Lipinski definition) is 4. The zero-order valence-corrected chi connectivity index (χ0v) is 12.9. The Morgan fingerprint density at radius 2 is 2.11 bits per heavy atom. The lowest BCUT2D eigenvalue weighted by molar-refractivity contribution is 0.0526. The summed E-state index contributed by atoms with van der Waals surface area (Å²) in [5, 5.41) is 5.41. The molecule has 5 heteroatoms. The molecule has 0 saturated heterocycles. The van der Waals surface area contributed by atoms with E-state index in [0.29, 0.717) is 12.2 Å². The number of anilines is 1. The third-order valence-electron chi connectivity index (χ3n) is 2.51. The van der Waals surface area contributed by atoms with Gasteiger partial charge in [0.15, 0.2) is 0 Å². The molecule has 0 fully saturated rings. The molecule has 1 N–H and O–H groups in total. The van der Waals surface area contributed by atoms with Crippen molar-refractivity contribution in [1.29, 1.82) is 0 Å². The van der Waals surface area contributed by atoms with Gasteiger partial charge >= 0.3 is 5.97 Å². The lowest BCUT2D eigenvalue weighted by Crippen LogP contribution is -2.04. The average molecular weight is 340 g/mol. The summed E-state index contributed by atoms with van der Waals surface area (Å²) < 4.78 is 6.06. The first-order chi connectivity index (χ1) is 9.19. The monoisotopic (exact) mass is 339 g/mol. The van der Waals surface area contributed by atoms with Crippen molar-refractivity contribution in [3.63, 3.8) is 0 Å². The highest BCUT2D eigenvalue weighted by atomic mass is 79.9. The first kappa shape index (κ1) is 14.1. The van der Waals surface area contributed by atoms with Crippen molar-refractivity contribution in [2.24, 2.45) is 0 Å². The second kappa shape index (κ2) is 6.73. The molecule has 2 aromatic rings. The summed E-state index contributed by atoms with van der Waals surface area (Å²) >= 11 is 5.10. The smallest absolute Gasteiger partial charge is 0.338 e. The number of esters is 1. The van der Waals surface area contributed by atoms with Crippen molar-refractivity contribution < 1.29 is 9.53 Å². The molecular formula is C14H14BrNO2S. The fraction of sp³-hybridized carbons (Fsp3) is 0.214. The van der Waals surface area contributed by atoms with Crippen LogP contribution in [0.4, 0.5) is 5.69 Å². The van der Waals surface area contributed by atoms with Gasteiger partial charge in [0.05, 0.1) is 16.0 Å². The van der Waals surface area contributed by atoms with Gasteiger partial charge in [0, 0.05) is 12.2 Å². The number of rotatable bonds is 5. The Morgan fingerprint density at radius 1 is 1.37 bits per heavy atom. The van der Waals surface area contributed by atoms with Gasteiger partial charge in [-0.25, -0.2) is 4.79 Å². The third-order valence-corrected chi connectivity index (χ3v) is 4.07. The van der Waals surface area contributed by atoms with Crippen molar-refractivity contribution in [1.82, 2.24) is 0 Å². The summed E-state index contributed by atoms with van der Waals surface area (Å²) in [7, 11) is 0. The summed E-state index contributed by atoms with van der Waals surface area (Å²) in [5.41, 5.74) is 2.78. The number of carbonyl (C=O) groups excluding carboxylic acids is 1. The van der Waals surface area contributed by atoms with Gasteiger partial charge in [-0.3, -0.25) is 0 Å². The lowest BCUT2D eigenvalue weighted by atomic mass is 10.2. The second-order valence-corrected chi connectivity index (χ2v) is 6.20. The van der Waals surface area contributed by atoms with Crippen molar-refractivity contribution in [3.05, 3.63) is 50.6 Å². The van der Waals surface area contributed by atoms with E-state index in [4.69, 9.17) is 4.74 Å². The lowest BCUT2D eigenvalue weighted by Gasteiger charge is -2.06. The van der Waals surface area contributed by atoms with Crippen molar-refractivity contribution in [2.45, 2.75) is 13.5 Å². The number of hydrogen-bond donors (Lipinski definition) is 1. The van der Waals surface area contributed by atoms with Gasteiger partial charge in [-0.2, -0.15) is 0 Å². The summed E-state index contributed by atoms with van der Waals surface area (Å²) in [5.74, 6) is -0.282. The van der Waals surface area contributed by atoms with E-state index in [-0.39, 0.29) is 5.97 Å². The molecule has 1 aromatic carbocycles. The maximum atomic E-state index is 11.5. The highest BCUT2D eigenvalue weighted by molar-refractivity contribution is 9.11. The van der Waals surface area contributed by atoms with E-state index in [0.717, 1.165) is 16.0 Å². The topological polar surface area (TPSA) is 38.3 Å². The SMILES string of the molecule is CCOC(=O)c1ccc(NCc2csc(Br)c2)cc1. The van der Waals surface area contributed by atoms with Crippen LogP contribution in [0.1, 0.15) is 22.8 Å². The van der Waals surface area contributed by atoms with E-state index in [1.54, 1.807) is 30.4 Å². The fourth-order valence-corrected chi connectivity index (χ4v) is 2.79. The van der Waals surface area contributed by atoms with Gasteiger partial charge < -0.3 is 10.1 Å². The summed E-state index contributed by atoms with van der Waals surface area (Å²) in [6.45, 7) is 2.96. The quantitative estimate of drug-likeness (QED) is 0.825. The van der Waals surface area contributed by atoms with Crippen LogP contribution in [0, 0.1) is 0 Å². The van der Waals surface area contributed by atoms with Crippen LogP contribution in [0.5, 0.6) is 0 Å². The van der Waals surface area contributed by atoms with Gasteiger partial charge in [-0.1, -0.05) is 0 Å². The van der Waals surface area contributed by atoms with Crippen LogP contribution >= 0.6 is 27.3 Å². The van der Waals surface area contributed by atoms with Crippen molar-refractivity contribution in [2.75, 3.05) is 11.9 Å². The molecule has 0 bridgehead atoms. The Kier molecular flexibility index (Phi) is 4.99. The van der Waals surface area contributed by atoms with E-state index in [1.165, 1.54) is 5.56 Å². The van der Waals surface area contributed by atoms with Gasteiger partial charge in [-0.05, 0) is 64.1 Å². The van der Waals surface area contributed by atoms with Crippen LogP contribution in [0.25, 0.3) is 0 Å². The molecule has 0 aliphatic rings. The average Bonchev–Trinajstić information content (AvgIpc) is 2.83. The van der Waals surface area contributed by atoms with E-state index < -0.39 is 0 Å². The zero-order chi connectivity index (χ0) is 13.7. The Morgan fingerprint density at radius 3 is 2.68 bits per heavy atom. The number of ether oxygens (including phenoxy) is 1. The number of thiophene rings is 1. The molecule has 0 atom stereocenters. The Hall–Kier alpha value is -1.33. The van der Waals surface area contributed by atoms with Crippen LogP contribution < -0.4 is 5.32 Å². The molecule has 0 saturated carbocycles. The Balaban J connectivity index is 1.93. The van der Waals surface area contributed by atoms with Crippen LogP contribution in [-0.2, 0) is 11.3 Å². The Bertz CT molecular complexity index is 551. The standard InChI is InChI=1S/C14H14BrNO2S/c1-2-18-14(17)11-3-5-12(6-4-11)16-8-10-7-13(15)19-9-10/h3-7,9,16H,2,8H2,1H3. The molecular weight excluding hydrogens is 326 g/mol. The predicted octanol–water partition coefficient (Wildman–Crippen LogP) is 4.30. The number of halogens is 1. The van der Waals surface area contributed by atoms with Crippen molar-refractivity contribution in [3.8, 4) is 0 Å². The molecule has 1 heterocycles. The molecule has 3 nitrogen and oxygen atoms in total. The summed E-state index contributed by atoms with van der Waals surface area (Å²) in [6, 6.07) is 9.39. The minimum absolute atomic E-state index is 0.282. The molecule has 0 unspecified atom stereocenters. The Labute approximate surface area is 124 Å². The van der Waals surface area contributed by atoms with Gasteiger partial charge in [0.25, 0.3) is 0 Å². The second-order valence-electron chi connectivity index (χ2n) is 3.91. The first-order valence-corrected chi connectivity index (χ1v) is 7.60. The molecule has 1 aromatic heterocycles. The highest BCUT2D eigenvalue weighted by Gasteiger charge is 2.05. The zero-order valence-electron chi connectivity index (χ0n) is 10.5. The molecule has 0 spiro atoms. The van der Waals surface area contributed by atoms with Crippen LogP contribution in [0.15, 0.2) is 39.5 Å². The number of nitrogens with one attached hydrogen (secondary N) is 1. The molecule has 0 aliphatic carbocycles. The molecule has 0 amide bonds. The fourth-order valence-electron chi connectivity index (χ4n) is 1.58. The van der Waals surface area contributed by atoms with Crippen LogP contribution in [-0.4, -0.2) is 12.6 Å². The molecule has 0 aliphatic heterocycles. The van der Waals surface area contributed by atoms with E-state index in [9.17, 15) is 4.79 Å². The number of carbonyl (C=O) groups is 1. The summed E-state index contributed by atoms with van der Waals surface area (Å²) in [6.07, 6.45) is 0. The minimum Gasteiger partial charge on any atom is -0.462 e. The predicted molar refractivity (Wildman–Crippen MR) is 81.7 cm³/mol. The van der Waals surface area contributed by atoms with E-state index in [2.05, 4.69) is 32.7 Å². The van der Waals surface area contributed by atoms with Crippen molar-refractivity contribution >= 4 is 38.9 Å². The van der Waals surface area contributed by atoms with Gasteiger partial charge in [0.1, 0.15) is 0 Å². The van der Waals surface area contributed by atoms with E-state index in [1.807, 2.05) is 12.1 Å². The molecule has 19 heavy (non-hydrogen) atoms. The molecule has 0 radical (unpaired) electrons. The molecule has 2 rings (SSSR count). The maximum Gasteiger partial charge on any atom is 0.338 e. The third kappa shape index (κ3) is 4.08. The van der Waals surface area contributed by atoms with Crippen LogP contribution in [0.2, 0.25) is 0 Å².